The van der Waals surface area contributed by atoms with Crippen molar-refractivity contribution in [3.63, 3.8) is 0 Å². The molecule has 2 N–H and O–H groups in total. The molecular formula is C14H23N3O3S. The van der Waals surface area contributed by atoms with Crippen molar-refractivity contribution >= 4 is 15.8 Å². The van der Waals surface area contributed by atoms with Crippen LogP contribution < -0.4 is 9.62 Å². The summed E-state index contributed by atoms with van der Waals surface area (Å²) < 4.78 is 26.0. The summed E-state index contributed by atoms with van der Waals surface area (Å²) in [4.78, 5) is 6.28. The average molecular weight is 313 g/mol. The van der Waals surface area contributed by atoms with Gasteiger partial charge in [0, 0.05) is 25.8 Å². The lowest BCUT2D eigenvalue weighted by molar-refractivity contribution is 0.0310. The standard InChI is InChI=1S/C14H23N3O3S/c1-2-10-21(19,20)16-11-14(18)7-5-9-17(12-14)13-6-3-4-8-15-13/h3-4,6,8,16,18H,2,5,7,9-12H2,1H3/t14-/m0/s1. The van der Waals surface area contributed by atoms with Crippen molar-refractivity contribution in [1.82, 2.24) is 9.71 Å². The molecular weight excluding hydrogens is 290 g/mol. The van der Waals surface area contributed by atoms with Crippen molar-refractivity contribution in [3.8, 4) is 0 Å². The molecule has 0 radical (unpaired) electrons. The first-order chi connectivity index (χ1) is 9.94. The molecule has 0 aliphatic carbocycles. The lowest BCUT2D eigenvalue weighted by Gasteiger charge is -2.39. The molecule has 1 atom stereocenters. The van der Waals surface area contributed by atoms with Gasteiger partial charge >= 0.3 is 0 Å². The number of β-amino-alcohol motifs (C(OH)–C–C–N with tert-alkyl or cyclic N) is 1. The number of aromatic nitrogens is 1. The Morgan fingerprint density at radius 2 is 2.29 bits per heavy atom. The van der Waals surface area contributed by atoms with E-state index in [0.717, 1.165) is 18.8 Å². The van der Waals surface area contributed by atoms with Gasteiger partial charge in [0.1, 0.15) is 5.82 Å². The molecule has 1 saturated heterocycles. The number of nitrogens with one attached hydrogen (secondary N) is 1. The van der Waals surface area contributed by atoms with Crippen LogP contribution in [0.4, 0.5) is 5.82 Å². The number of rotatable bonds is 6. The molecule has 0 unspecified atom stereocenters. The van der Waals surface area contributed by atoms with Gasteiger partial charge in [0.05, 0.1) is 11.4 Å². The summed E-state index contributed by atoms with van der Waals surface area (Å²) in [6.07, 6.45) is 3.67. The number of aliphatic hydroxyl groups is 1. The molecule has 0 saturated carbocycles. The quantitative estimate of drug-likeness (QED) is 0.809. The van der Waals surface area contributed by atoms with E-state index in [-0.39, 0.29) is 12.3 Å². The summed E-state index contributed by atoms with van der Waals surface area (Å²) in [5.74, 6) is 0.902. The smallest absolute Gasteiger partial charge is 0.211 e. The zero-order chi connectivity index (χ0) is 15.3. The Morgan fingerprint density at radius 3 is 2.95 bits per heavy atom. The highest BCUT2D eigenvalue weighted by Crippen LogP contribution is 2.24. The first-order valence-electron chi connectivity index (χ1n) is 7.30. The van der Waals surface area contributed by atoms with Crippen LogP contribution >= 0.6 is 0 Å². The molecule has 118 valence electrons. The molecule has 0 spiro atoms. The van der Waals surface area contributed by atoms with Crippen LogP contribution in [0.15, 0.2) is 24.4 Å². The summed E-state index contributed by atoms with van der Waals surface area (Å²) in [5.41, 5.74) is -1.05. The van der Waals surface area contributed by atoms with Gasteiger partial charge in [0.15, 0.2) is 0 Å². The van der Waals surface area contributed by atoms with Crippen LogP contribution in [0.3, 0.4) is 0 Å². The predicted octanol–water partition coefficient (Wildman–Crippen LogP) is 0.742. The van der Waals surface area contributed by atoms with E-state index in [2.05, 4.69) is 9.71 Å². The minimum atomic E-state index is -3.30. The summed E-state index contributed by atoms with van der Waals surface area (Å²) in [6, 6.07) is 5.64. The SMILES string of the molecule is CCCS(=O)(=O)NC[C@@]1(O)CCCN(c2ccccn2)C1. The minimum absolute atomic E-state index is 0.0542. The van der Waals surface area contributed by atoms with E-state index in [4.69, 9.17) is 0 Å². The molecule has 2 rings (SSSR count). The lowest BCUT2D eigenvalue weighted by atomic mass is 9.93. The topological polar surface area (TPSA) is 82.5 Å². The van der Waals surface area contributed by atoms with Gasteiger partial charge in [-0.25, -0.2) is 18.1 Å². The maximum Gasteiger partial charge on any atom is 0.211 e. The van der Waals surface area contributed by atoms with Crippen molar-refractivity contribution in [2.24, 2.45) is 0 Å². The maximum atomic E-state index is 11.7. The van der Waals surface area contributed by atoms with Crippen molar-refractivity contribution in [1.29, 1.82) is 0 Å². The minimum Gasteiger partial charge on any atom is -0.387 e. The summed E-state index contributed by atoms with van der Waals surface area (Å²) in [7, 11) is -3.30. The number of anilines is 1. The number of hydrogen-bond donors (Lipinski definition) is 2. The van der Waals surface area contributed by atoms with Crippen LogP contribution in [0.5, 0.6) is 0 Å². The molecule has 1 aliphatic rings. The third kappa shape index (κ3) is 4.66. The first-order valence-corrected chi connectivity index (χ1v) is 8.95. The Kier molecular flexibility index (Phi) is 5.18. The van der Waals surface area contributed by atoms with Crippen molar-refractivity contribution < 1.29 is 13.5 Å². The Hall–Kier alpha value is -1.18. The third-order valence-corrected chi connectivity index (χ3v) is 5.15. The van der Waals surface area contributed by atoms with Gasteiger partial charge in [-0.05, 0) is 31.4 Å². The zero-order valence-corrected chi connectivity index (χ0v) is 13.1. The lowest BCUT2D eigenvalue weighted by Crippen LogP contribution is -2.54. The number of hydrogen-bond acceptors (Lipinski definition) is 5. The van der Waals surface area contributed by atoms with Crippen LogP contribution in [-0.4, -0.2) is 49.5 Å². The van der Waals surface area contributed by atoms with E-state index in [1.807, 2.05) is 30.0 Å². The molecule has 6 nitrogen and oxygen atoms in total. The van der Waals surface area contributed by atoms with Crippen molar-refractivity contribution in [3.05, 3.63) is 24.4 Å². The highest BCUT2D eigenvalue weighted by Gasteiger charge is 2.34. The van der Waals surface area contributed by atoms with Crippen LogP contribution in [0, 0.1) is 0 Å². The fraction of sp³-hybridized carbons (Fsp3) is 0.643. The van der Waals surface area contributed by atoms with E-state index < -0.39 is 15.6 Å². The van der Waals surface area contributed by atoms with Gasteiger partial charge in [-0.15, -0.1) is 0 Å². The van der Waals surface area contributed by atoms with Crippen molar-refractivity contribution in [2.75, 3.05) is 30.3 Å². The molecule has 21 heavy (non-hydrogen) atoms. The predicted molar refractivity (Wildman–Crippen MR) is 82.7 cm³/mol. The normalized spacial score (nSPS) is 23.2. The molecule has 0 bridgehead atoms. The molecule has 0 amide bonds. The largest absolute Gasteiger partial charge is 0.387 e. The van der Waals surface area contributed by atoms with Crippen LogP contribution in [-0.2, 0) is 10.0 Å². The average Bonchev–Trinajstić information content (AvgIpc) is 2.47. The van der Waals surface area contributed by atoms with Crippen LogP contribution in [0.1, 0.15) is 26.2 Å². The van der Waals surface area contributed by atoms with E-state index in [0.29, 0.717) is 19.4 Å². The number of pyridine rings is 1. The van der Waals surface area contributed by atoms with Gasteiger partial charge in [-0.1, -0.05) is 13.0 Å². The van der Waals surface area contributed by atoms with E-state index in [9.17, 15) is 13.5 Å². The van der Waals surface area contributed by atoms with Gasteiger partial charge in [-0.3, -0.25) is 0 Å². The van der Waals surface area contributed by atoms with Gasteiger partial charge in [-0.2, -0.15) is 0 Å². The fourth-order valence-electron chi connectivity index (χ4n) is 2.58. The highest BCUT2D eigenvalue weighted by molar-refractivity contribution is 7.89. The molecule has 7 heteroatoms. The van der Waals surface area contributed by atoms with E-state index in [1.165, 1.54) is 0 Å². The Labute approximate surface area is 126 Å². The van der Waals surface area contributed by atoms with Gasteiger partial charge < -0.3 is 10.0 Å². The second-order valence-corrected chi connectivity index (χ2v) is 7.50. The summed E-state index contributed by atoms with van der Waals surface area (Å²) in [5, 5.41) is 10.6. The maximum absolute atomic E-state index is 11.7. The second kappa shape index (κ2) is 6.72. The van der Waals surface area contributed by atoms with Crippen LogP contribution in [0.2, 0.25) is 0 Å². The number of sulfonamides is 1. The Balaban J connectivity index is 1.99. The molecule has 1 aromatic heterocycles. The fourth-order valence-corrected chi connectivity index (χ4v) is 3.75. The van der Waals surface area contributed by atoms with Crippen molar-refractivity contribution in [2.45, 2.75) is 31.8 Å². The summed E-state index contributed by atoms with van der Waals surface area (Å²) in [6.45, 7) is 3.08. The van der Waals surface area contributed by atoms with E-state index in [1.54, 1.807) is 6.20 Å². The Bertz CT molecular complexity index is 550. The number of piperidine rings is 1. The first kappa shape index (κ1) is 16.2. The molecule has 1 aliphatic heterocycles. The zero-order valence-electron chi connectivity index (χ0n) is 12.3. The van der Waals surface area contributed by atoms with Gasteiger partial charge in [0.25, 0.3) is 0 Å². The monoisotopic (exact) mass is 313 g/mol. The molecule has 1 aromatic rings. The van der Waals surface area contributed by atoms with Gasteiger partial charge in [0.2, 0.25) is 10.0 Å². The molecule has 2 heterocycles. The summed E-state index contributed by atoms with van der Waals surface area (Å²) >= 11 is 0. The van der Waals surface area contributed by atoms with E-state index >= 15 is 0 Å². The third-order valence-electron chi connectivity index (χ3n) is 3.62. The number of nitrogens with zero attached hydrogens (tertiary/aromatic N) is 2. The second-order valence-electron chi connectivity index (χ2n) is 5.58. The highest BCUT2D eigenvalue weighted by atomic mass is 32.2. The molecule has 0 aromatic carbocycles. The van der Waals surface area contributed by atoms with Crippen LogP contribution in [0.25, 0.3) is 0 Å². The Morgan fingerprint density at radius 1 is 1.48 bits per heavy atom. The molecule has 1 fully saturated rings.